The van der Waals surface area contributed by atoms with E-state index < -0.39 is 16.8 Å². The lowest BCUT2D eigenvalue weighted by atomic mass is 10.3. The van der Waals surface area contributed by atoms with Crippen molar-refractivity contribution in [2.45, 2.75) is 4.90 Å². The van der Waals surface area contributed by atoms with Crippen LogP contribution in [0.4, 0.5) is 14.6 Å². The predicted octanol–water partition coefficient (Wildman–Crippen LogP) is 1.56. The maximum absolute atomic E-state index is 12.9. The summed E-state index contributed by atoms with van der Waals surface area (Å²) in [5, 5.41) is 0.0278. The SMILES string of the molecule is Nc1cc(F)c(S(=O)NF)cc1Cl. The third-order valence-corrected chi connectivity index (χ3v) is 2.50. The average molecular weight is 227 g/mol. The number of hydrogen-bond acceptors (Lipinski definition) is 2. The summed E-state index contributed by atoms with van der Waals surface area (Å²) in [5.74, 6) is -0.870. The van der Waals surface area contributed by atoms with Gasteiger partial charge in [-0.05, 0) is 12.1 Å². The van der Waals surface area contributed by atoms with Crippen LogP contribution in [0.2, 0.25) is 5.02 Å². The van der Waals surface area contributed by atoms with Gasteiger partial charge in [0.1, 0.15) is 5.82 Å². The van der Waals surface area contributed by atoms with Crippen molar-refractivity contribution in [1.82, 2.24) is 4.94 Å². The molecule has 0 radical (unpaired) electrons. The van der Waals surface area contributed by atoms with Gasteiger partial charge in [-0.25, -0.2) is 8.60 Å². The molecular formula is C6H5ClF2N2OS. The Bertz CT molecular complexity index is 361. The molecule has 0 aliphatic carbocycles. The summed E-state index contributed by atoms with van der Waals surface area (Å²) < 4.78 is 35.4. The van der Waals surface area contributed by atoms with Gasteiger partial charge >= 0.3 is 0 Å². The van der Waals surface area contributed by atoms with E-state index in [4.69, 9.17) is 17.3 Å². The van der Waals surface area contributed by atoms with Gasteiger partial charge in [-0.15, -0.1) is 4.48 Å². The summed E-state index contributed by atoms with van der Waals surface area (Å²) in [7, 11) is -2.25. The van der Waals surface area contributed by atoms with Crippen LogP contribution in [0.1, 0.15) is 0 Å². The van der Waals surface area contributed by atoms with Crippen LogP contribution in [0.5, 0.6) is 0 Å². The van der Waals surface area contributed by atoms with Gasteiger partial charge < -0.3 is 5.73 Å². The summed E-state index contributed by atoms with van der Waals surface area (Å²) in [6.45, 7) is 0. The van der Waals surface area contributed by atoms with Crippen molar-refractivity contribution in [2.75, 3.05) is 5.73 Å². The standard InChI is InChI=1S/C6H5ClF2N2OS/c7-3-1-6(13(12)11-9)4(8)2-5(3)10/h1-2,11H,10H2. The van der Waals surface area contributed by atoms with Gasteiger partial charge in [0, 0.05) is 0 Å². The molecule has 0 aromatic heterocycles. The smallest absolute Gasteiger partial charge is 0.156 e. The molecular weight excluding hydrogens is 222 g/mol. The zero-order valence-electron chi connectivity index (χ0n) is 6.18. The van der Waals surface area contributed by atoms with Crippen molar-refractivity contribution in [3.8, 4) is 0 Å². The summed E-state index contributed by atoms with van der Waals surface area (Å²) in [4.78, 5) is 0.528. The normalized spacial score (nSPS) is 12.8. The van der Waals surface area contributed by atoms with Crippen molar-refractivity contribution in [1.29, 1.82) is 0 Å². The van der Waals surface area contributed by atoms with E-state index in [1.54, 1.807) is 0 Å². The molecule has 0 aliphatic heterocycles. The van der Waals surface area contributed by atoms with Crippen molar-refractivity contribution in [3.05, 3.63) is 23.0 Å². The lowest BCUT2D eigenvalue weighted by Crippen LogP contribution is -2.08. The molecule has 0 fully saturated rings. The van der Waals surface area contributed by atoms with Crippen LogP contribution in [0.25, 0.3) is 0 Å². The number of nitrogens with two attached hydrogens (primary N) is 1. The fraction of sp³-hybridized carbons (Fsp3) is 0. The molecule has 0 spiro atoms. The van der Waals surface area contributed by atoms with E-state index in [1.165, 1.54) is 0 Å². The third kappa shape index (κ3) is 2.15. The van der Waals surface area contributed by atoms with Crippen LogP contribution >= 0.6 is 11.6 Å². The second kappa shape index (κ2) is 3.99. The first-order valence-corrected chi connectivity index (χ1v) is 4.61. The Kier molecular flexibility index (Phi) is 3.18. The number of hydrogen-bond donors (Lipinski definition) is 2. The molecule has 3 N–H and O–H groups in total. The van der Waals surface area contributed by atoms with E-state index in [9.17, 15) is 13.1 Å². The molecule has 1 rings (SSSR count). The maximum Gasteiger partial charge on any atom is 0.156 e. The molecule has 72 valence electrons. The molecule has 0 aliphatic rings. The molecule has 0 bridgehead atoms. The molecule has 1 atom stereocenters. The number of nitrogen functional groups attached to an aromatic ring is 1. The predicted molar refractivity (Wildman–Crippen MR) is 46.5 cm³/mol. The van der Waals surface area contributed by atoms with Crippen LogP contribution in [-0.4, -0.2) is 4.21 Å². The Labute approximate surface area is 80.4 Å². The fourth-order valence-electron chi connectivity index (χ4n) is 0.728. The highest BCUT2D eigenvalue weighted by atomic mass is 35.5. The molecule has 1 aromatic carbocycles. The number of benzene rings is 1. The van der Waals surface area contributed by atoms with Gasteiger partial charge in [-0.1, -0.05) is 16.5 Å². The van der Waals surface area contributed by atoms with Crippen molar-refractivity contribution in [3.63, 3.8) is 0 Å². The van der Waals surface area contributed by atoms with Gasteiger partial charge in [-0.2, -0.15) is 0 Å². The summed E-state index contributed by atoms with van der Waals surface area (Å²) in [5.41, 5.74) is 5.26. The average Bonchev–Trinajstić information content (AvgIpc) is 2.10. The molecule has 0 saturated carbocycles. The minimum atomic E-state index is -2.25. The van der Waals surface area contributed by atoms with E-state index in [0.29, 0.717) is 0 Å². The zero-order valence-corrected chi connectivity index (χ0v) is 7.75. The molecule has 0 saturated heterocycles. The lowest BCUT2D eigenvalue weighted by molar-refractivity contribution is 0.447. The molecule has 3 nitrogen and oxygen atoms in total. The largest absolute Gasteiger partial charge is 0.397 e. The van der Waals surface area contributed by atoms with Gasteiger partial charge in [-0.3, -0.25) is 0 Å². The third-order valence-electron chi connectivity index (χ3n) is 1.32. The molecule has 0 heterocycles. The van der Waals surface area contributed by atoms with Gasteiger partial charge in [0.2, 0.25) is 0 Å². The first-order valence-electron chi connectivity index (χ1n) is 3.09. The first kappa shape index (κ1) is 10.4. The first-order chi connectivity index (χ1) is 6.06. The molecule has 0 amide bonds. The van der Waals surface area contributed by atoms with E-state index in [-0.39, 0.29) is 15.6 Å². The van der Waals surface area contributed by atoms with E-state index in [1.807, 2.05) is 0 Å². The van der Waals surface area contributed by atoms with Crippen LogP contribution < -0.4 is 10.7 Å². The molecule has 13 heavy (non-hydrogen) atoms. The minimum Gasteiger partial charge on any atom is -0.397 e. The highest BCUT2D eigenvalue weighted by Crippen LogP contribution is 2.24. The minimum absolute atomic E-state index is 0.0128. The Morgan fingerprint density at radius 1 is 1.54 bits per heavy atom. The summed E-state index contributed by atoms with van der Waals surface area (Å²) >= 11 is 5.51. The highest BCUT2D eigenvalue weighted by molar-refractivity contribution is 7.82. The highest BCUT2D eigenvalue weighted by Gasteiger charge is 2.12. The molecule has 1 unspecified atom stereocenters. The second-order valence-corrected chi connectivity index (χ2v) is 3.69. The topological polar surface area (TPSA) is 55.1 Å². The van der Waals surface area contributed by atoms with E-state index >= 15 is 0 Å². The van der Waals surface area contributed by atoms with Crippen LogP contribution in [0.3, 0.4) is 0 Å². The van der Waals surface area contributed by atoms with Crippen LogP contribution in [-0.2, 0) is 11.0 Å². The number of anilines is 1. The molecule has 1 aromatic rings. The number of rotatable bonds is 2. The Balaban J connectivity index is 3.23. The number of nitrogens with one attached hydrogen (secondary N) is 1. The van der Waals surface area contributed by atoms with Crippen molar-refractivity contribution >= 4 is 28.3 Å². The van der Waals surface area contributed by atoms with Gasteiger partial charge in [0.05, 0.1) is 15.6 Å². The van der Waals surface area contributed by atoms with Crippen molar-refractivity contribution < 1.29 is 13.1 Å². The van der Waals surface area contributed by atoms with Gasteiger partial charge in [0.15, 0.2) is 11.0 Å². The van der Waals surface area contributed by atoms with Crippen molar-refractivity contribution in [2.24, 2.45) is 0 Å². The summed E-state index contributed by atoms with van der Waals surface area (Å²) in [6.07, 6.45) is 0. The Morgan fingerprint density at radius 2 is 2.15 bits per heavy atom. The molecule has 7 heteroatoms. The Morgan fingerprint density at radius 3 is 2.69 bits per heavy atom. The Hall–Kier alpha value is -0.720. The van der Waals surface area contributed by atoms with E-state index in [2.05, 4.69) is 0 Å². The van der Waals surface area contributed by atoms with Gasteiger partial charge in [0.25, 0.3) is 0 Å². The quantitative estimate of drug-likeness (QED) is 0.594. The second-order valence-electron chi connectivity index (χ2n) is 2.15. The number of halogens is 3. The monoisotopic (exact) mass is 226 g/mol. The fourth-order valence-corrected chi connectivity index (χ4v) is 1.50. The van der Waals surface area contributed by atoms with Crippen LogP contribution in [0, 0.1) is 5.82 Å². The maximum atomic E-state index is 12.9. The van der Waals surface area contributed by atoms with Crippen LogP contribution in [0.15, 0.2) is 17.0 Å². The summed E-state index contributed by atoms with van der Waals surface area (Å²) in [6, 6.07) is 1.89. The lowest BCUT2D eigenvalue weighted by Gasteiger charge is -2.02. The zero-order chi connectivity index (χ0) is 10.0. The van der Waals surface area contributed by atoms with E-state index in [0.717, 1.165) is 17.1 Å².